The summed E-state index contributed by atoms with van der Waals surface area (Å²) in [5.74, 6) is -0.718. The first-order valence-electron chi connectivity index (χ1n) is 6.07. The Kier molecular flexibility index (Phi) is 4.49. The molecule has 5 nitrogen and oxygen atoms in total. The summed E-state index contributed by atoms with van der Waals surface area (Å²) >= 11 is 0. The van der Waals surface area contributed by atoms with Gasteiger partial charge in [-0.3, -0.25) is 0 Å². The molecule has 0 aromatic heterocycles. The molecule has 2 rings (SSSR count). The highest BCUT2D eigenvalue weighted by Crippen LogP contribution is 2.18. The van der Waals surface area contributed by atoms with Crippen LogP contribution in [0.15, 0.2) is 63.9 Å². The molecule has 0 saturated carbocycles. The van der Waals surface area contributed by atoms with Gasteiger partial charge in [0.1, 0.15) is 4.90 Å². The maximum atomic E-state index is 12.2. The third-order valence-corrected chi connectivity index (χ3v) is 4.01. The number of methoxy groups -OCH3 is 1. The molecule has 0 atom stereocenters. The maximum Gasteiger partial charge on any atom is 0.339 e. The number of esters is 1. The molecule has 0 aliphatic heterocycles. The minimum Gasteiger partial charge on any atom is -0.465 e. The van der Waals surface area contributed by atoms with Crippen LogP contribution in [0.5, 0.6) is 0 Å². The van der Waals surface area contributed by atoms with E-state index in [2.05, 4.69) is 9.13 Å². The van der Waals surface area contributed by atoms with Crippen LogP contribution in [0, 0.1) is 0 Å². The van der Waals surface area contributed by atoms with E-state index in [-0.39, 0.29) is 10.5 Å². The molecule has 0 unspecified atom stereocenters. The van der Waals surface area contributed by atoms with Crippen molar-refractivity contribution in [2.24, 2.45) is 4.40 Å². The molecule has 0 radical (unpaired) electrons. The lowest BCUT2D eigenvalue weighted by molar-refractivity contribution is 0.0596. The number of hydrogen-bond acceptors (Lipinski definition) is 4. The van der Waals surface area contributed by atoms with Crippen LogP contribution in [0.1, 0.15) is 15.9 Å². The van der Waals surface area contributed by atoms with Crippen LogP contribution < -0.4 is 0 Å². The number of carbonyl (C=O) groups is 1. The first-order chi connectivity index (χ1) is 10.0. The predicted molar refractivity (Wildman–Crippen MR) is 79.0 cm³/mol. The van der Waals surface area contributed by atoms with E-state index >= 15 is 0 Å². The Balaban J connectivity index is 2.41. The lowest BCUT2D eigenvalue weighted by Crippen LogP contribution is -2.09. The number of hydrogen-bond donors (Lipinski definition) is 0. The molecule has 21 heavy (non-hydrogen) atoms. The fourth-order valence-corrected chi connectivity index (χ4v) is 2.75. The monoisotopic (exact) mass is 303 g/mol. The van der Waals surface area contributed by atoms with Crippen molar-refractivity contribution in [3.8, 4) is 0 Å². The molecule has 2 aromatic rings. The number of ether oxygens (including phenoxy) is 1. The highest BCUT2D eigenvalue weighted by molar-refractivity contribution is 7.90. The molecule has 0 amide bonds. The first kappa shape index (κ1) is 14.9. The van der Waals surface area contributed by atoms with Gasteiger partial charge >= 0.3 is 5.97 Å². The number of rotatable bonds is 4. The molecular weight excluding hydrogens is 290 g/mol. The molecule has 0 aliphatic carbocycles. The van der Waals surface area contributed by atoms with Crippen molar-refractivity contribution in [1.82, 2.24) is 0 Å². The SMILES string of the molecule is COC(=O)c1ccccc1S(=O)(=O)/N=C/c1ccccc1. The van der Waals surface area contributed by atoms with E-state index in [1.807, 2.05) is 6.07 Å². The van der Waals surface area contributed by atoms with Gasteiger partial charge in [0, 0.05) is 6.21 Å². The van der Waals surface area contributed by atoms with Gasteiger partial charge in [0.15, 0.2) is 0 Å². The lowest BCUT2D eigenvalue weighted by atomic mass is 10.2. The van der Waals surface area contributed by atoms with Crippen molar-refractivity contribution in [3.63, 3.8) is 0 Å². The molecule has 0 aliphatic rings. The summed E-state index contributed by atoms with van der Waals surface area (Å²) in [5.41, 5.74) is 0.613. The zero-order chi connectivity index (χ0) is 15.3. The van der Waals surface area contributed by atoms with Crippen LogP contribution in [-0.2, 0) is 14.8 Å². The van der Waals surface area contributed by atoms with Gasteiger partial charge in [-0.25, -0.2) is 4.79 Å². The van der Waals surface area contributed by atoms with Crippen LogP contribution in [0.4, 0.5) is 0 Å². The van der Waals surface area contributed by atoms with E-state index in [1.54, 1.807) is 30.3 Å². The van der Waals surface area contributed by atoms with Gasteiger partial charge in [0.25, 0.3) is 10.0 Å². The summed E-state index contributed by atoms with van der Waals surface area (Å²) in [7, 11) is -2.78. The van der Waals surface area contributed by atoms with E-state index in [0.717, 1.165) is 0 Å². The Bertz CT molecular complexity index is 767. The van der Waals surface area contributed by atoms with Crippen LogP contribution in [0.2, 0.25) is 0 Å². The van der Waals surface area contributed by atoms with Crippen LogP contribution in [0.3, 0.4) is 0 Å². The summed E-state index contributed by atoms with van der Waals surface area (Å²) in [5, 5.41) is 0. The molecule has 0 N–H and O–H groups in total. The Labute approximate surface area is 123 Å². The van der Waals surface area contributed by atoms with Crippen molar-refractivity contribution in [3.05, 3.63) is 65.7 Å². The molecule has 0 spiro atoms. The maximum absolute atomic E-state index is 12.2. The molecule has 2 aromatic carbocycles. The zero-order valence-electron chi connectivity index (χ0n) is 11.3. The second-order valence-corrected chi connectivity index (χ2v) is 5.71. The van der Waals surface area contributed by atoms with Gasteiger partial charge in [-0.2, -0.15) is 12.8 Å². The van der Waals surface area contributed by atoms with Gasteiger partial charge in [-0.15, -0.1) is 0 Å². The minimum absolute atomic E-state index is 0.0368. The zero-order valence-corrected chi connectivity index (χ0v) is 12.1. The second-order valence-electron chi connectivity index (χ2n) is 4.11. The number of benzene rings is 2. The topological polar surface area (TPSA) is 72.8 Å². The largest absolute Gasteiger partial charge is 0.465 e. The summed E-state index contributed by atoms with van der Waals surface area (Å²) < 4.78 is 32.7. The Morgan fingerprint density at radius 3 is 2.33 bits per heavy atom. The molecule has 0 fully saturated rings. The number of carbonyl (C=O) groups excluding carboxylic acids is 1. The predicted octanol–water partition coefficient (Wildman–Crippen LogP) is 2.28. The molecular formula is C15H13NO4S. The van der Waals surface area contributed by atoms with Crippen LogP contribution >= 0.6 is 0 Å². The van der Waals surface area contributed by atoms with Gasteiger partial charge in [0.05, 0.1) is 12.7 Å². The summed E-state index contributed by atoms with van der Waals surface area (Å²) in [6.45, 7) is 0. The highest BCUT2D eigenvalue weighted by atomic mass is 32.2. The van der Waals surface area contributed by atoms with E-state index in [4.69, 9.17) is 0 Å². The molecule has 0 bridgehead atoms. The quantitative estimate of drug-likeness (QED) is 0.641. The first-order valence-corrected chi connectivity index (χ1v) is 7.51. The summed E-state index contributed by atoms with van der Waals surface area (Å²) in [6, 6.07) is 14.6. The molecule has 6 heteroatoms. The van der Waals surface area contributed by atoms with E-state index in [0.29, 0.717) is 5.56 Å². The Morgan fingerprint density at radius 2 is 1.67 bits per heavy atom. The van der Waals surface area contributed by atoms with E-state index in [9.17, 15) is 13.2 Å². The van der Waals surface area contributed by atoms with Crippen molar-refractivity contribution < 1.29 is 17.9 Å². The third-order valence-electron chi connectivity index (χ3n) is 2.71. The smallest absolute Gasteiger partial charge is 0.339 e. The minimum atomic E-state index is -3.98. The van der Waals surface area contributed by atoms with E-state index in [1.165, 1.54) is 31.5 Å². The third kappa shape index (κ3) is 3.55. The lowest BCUT2D eigenvalue weighted by Gasteiger charge is -2.05. The normalized spacial score (nSPS) is 11.5. The fourth-order valence-electron chi connectivity index (χ4n) is 1.70. The van der Waals surface area contributed by atoms with Crippen molar-refractivity contribution in [1.29, 1.82) is 0 Å². The summed E-state index contributed by atoms with van der Waals surface area (Å²) in [6.07, 6.45) is 1.24. The number of sulfonamides is 1. The molecule has 0 saturated heterocycles. The van der Waals surface area contributed by atoms with Crippen LogP contribution in [0.25, 0.3) is 0 Å². The standard InChI is InChI=1S/C15H13NO4S/c1-20-15(17)13-9-5-6-10-14(13)21(18,19)16-11-12-7-3-2-4-8-12/h2-11H,1H3/b16-11+. The number of nitrogens with zero attached hydrogens (tertiary/aromatic N) is 1. The Hall–Kier alpha value is -2.47. The highest BCUT2D eigenvalue weighted by Gasteiger charge is 2.21. The van der Waals surface area contributed by atoms with Gasteiger partial charge in [-0.05, 0) is 17.7 Å². The molecule has 0 heterocycles. The average Bonchev–Trinajstić information content (AvgIpc) is 2.53. The average molecular weight is 303 g/mol. The van der Waals surface area contributed by atoms with Crippen LogP contribution in [-0.4, -0.2) is 27.7 Å². The van der Waals surface area contributed by atoms with Crippen molar-refractivity contribution in [2.75, 3.05) is 7.11 Å². The second kappa shape index (κ2) is 6.32. The van der Waals surface area contributed by atoms with Gasteiger partial charge in [-0.1, -0.05) is 42.5 Å². The van der Waals surface area contributed by atoms with Crippen molar-refractivity contribution >= 4 is 22.2 Å². The Morgan fingerprint density at radius 1 is 1.05 bits per heavy atom. The van der Waals surface area contributed by atoms with E-state index < -0.39 is 16.0 Å². The van der Waals surface area contributed by atoms with Crippen molar-refractivity contribution in [2.45, 2.75) is 4.90 Å². The summed E-state index contributed by atoms with van der Waals surface area (Å²) in [4.78, 5) is 11.4. The molecule has 108 valence electrons. The van der Waals surface area contributed by atoms with Gasteiger partial charge in [0.2, 0.25) is 0 Å². The fraction of sp³-hybridized carbons (Fsp3) is 0.0667. The van der Waals surface area contributed by atoms with Gasteiger partial charge < -0.3 is 4.74 Å².